The number of ether oxygens (including phenoxy) is 1. The highest BCUT2D eigenvalue weighted by Gasteiger charge is 2.21. The highest BCUT2D eigenvalue weighted by atomic mass is 35.5. The monoisotopic (exact) mass is 552 g/mol. The lowest BCUT2D eigenvalue weighted by atomic mass is 10.1. The van der Waals surface area contributed by atoms with Crippen molar-refractivity contribution in [1.29, 1.82) is 0 Å². The van der Waals surface area contributed by atoms with E-state index in [1.807, 2.05) is 6.07 Å². The number of pyridine rings is 1. The van der Waals surface area contributed by atoms with Gasteiger partial charge in [-0.05, 0) is 50.1 Å². The average molecular weight is 553 g/mol. The first-order chi connectivity index (χ1) is 17.1. The molecule has 4 N–H and O–H groups in total. The molecule has 1 aliphatic rings. The number of amides is 1. The number of halogens is 2. The molecule has 1 aromatic heterocycles. The van der Waals surface area contributed by atoms with Gasteiger partial charge in [0.05, 0.1) is 20.5 Å². The molecule has 0 aliphatic carbocycles. The zero-order chi connectivity index (χ0) is 25.9. The van der Waals surface area contributed by atoms with Crippen molar-refractivity contribution in [3.05, 3.63) is 68.6 Å². The molecule has 1 saturated heterocycles. The van der Waals surface area contributed by atoms with Gasteiger partial charge in [-0.2, -0.15) is 0 Å². The number of benzene rings is 2. The largest absolute Gasteiger partial charge is 0.490 e. The first-order valence-electron chi connectivity index (χ1n) is 11.4. The number of primary sulfonamides is 1. The van der Waals surface area contributed by atoms with Gasteiger partial charge in [0, 0.05) is 42.7 Å². The number of sulfonamides is 1. The predicted molar refractivity (Wildman–Crippen MR) is 139 cm³/mol. The van der Waals surface area contributed by atoms with E-state index in [1.54, 1.807) is 12.1 Å². The third-order valence-corrected chi connectivity index (χ3v) is 7.76. The van der Waals surface area contributed by atoms with Crippen molar-refractivity contribution in [2.75, 3.05) is 26.2 Å². The lowest BCUT2D eigenvalue weighted by Gasteiger charge is -2.32. The minimum atomic E-state index is -3.97. The zero-order valence-electron chi connectivity index (χ0n) is 19.3. The van der Waals surface area contributed by atoms with Gasteiger partial charge in [-0.25, -0.2) is 13.6 Å². The first-order valence-corrected chi connectivity index (χ1v) is 13.7. The van der Waals surface area contributed by atoms with Crippen LogP contribution in [-0.4, -0.2) is 56.5 Å². The molecule has 1 aliphatic heterocycles. The molecular weight excluding hydrogens is 527 g/mol. The minimum Gasteiger partial charge on any atom is -0.490 e. The van der Waals surface area contributed by atoms with Crippen LogP contribution in [0.4, 0.5) is 0 Å². The number of piperidine rings is 1. The zero-order valence-corrected chi connectivity index (χ0v) is 21.6. The standard InChI is InChI=1S/C24H26Cl2N4O5S/c25-21-5-2-16(12-22(21)26)35-15-6-10-30(11-7-15)9-1-8-28-24(32)20-14-29-23(31)19-13-17(36(27,33)34)3-4-18(19)20/h2-5,12-15H,1,6-11H2,(H,28,32)(H,29,31)(H2,27,33,34). The molecular formula is C24H26Cl2N4O5S. The Hall–Kier alpha value is -2.63. The van der Waals surface area contributed by atoms with E-state index < -0.39 is 15.6 Å². The quantitative estimate of drug-likeness (QED) is 0.367. The number of nitrogens with two attached hydrogens (primary N) is 1. The molecule has 3 aromatic rings. The summed E-state index contributed by atoms with van der Waals surface area (Å²) in [5.74, 6) is 0.356. The molecule has 1 amide bonds. The molecule has 2 heterocycles. The van der Waals surface area contributed by atoms with Crippen molar-refractivity contribution >= 4 is 49.9 Å². The summed E-state index contributed by atoms with van der Waals surface area (Å²) in [6.07, 6.45) is 3.96. The van der Waals surface area contributed by atoms with Crippen LogP contribution in [0.5, 0.6) is 5.75 Å². The third kappa shape index (κ3) is 6.37. The molecule has 36 heavy (non-hydrogen) atoms. The maximum atomic E-state index is 12.7. The lowest BCUT2D eigenvalue weighted by molar-refractivity contribution is 0.0936. The minimum absolute atomic E-state index is 0.0835. The predicted octanol–water partition coefficient (Wildman–Crippen LogP) is 3.15. The van der Waals surface area contributed by atoms with Gasteiger partial charge in [-0.1, -0.05) is 29.3 Å². The summed E-state index contributed by atoms with van der Waals surface area (Å²) >= 11 is 12.0. The Morgan fingerprint density at radius 3 is 2.56 bits per heavy atom. The first kappa shape index (κ1) is 26.4. The Balaban J connectivity index is 1.26. The van der Waals surface area contributed by atoms with Crippen LogP contribution in [0.15, 0.2) is 52.3 Å². The molecule has 0 unspecified atom stereocenters. The van der Waals surface area contributed by atoms with E-state index in [4.69, 9.17) is 33.1 Å². The SMILES string of the molecule is NS(=O)(=O)c1ccc2c(C(=O)NCCCN3CCC(Oc4ccc(Cl)c(Cl)c4)CC3)c[nH]c(=O)c2c1. The van der Waals surface area contributed by atoms with E-state index >= 15 is 0 Å². The van der Waals surface area contributed by atoms with Crippen molar-refractivity contribution < 1.29 is 17.9 Å². The van der Waals surface area contributed by atoms with Crippen LogP contribution in [0.2, 0.25) is 10.0 Å². The number of carbonyl (C=O) groups excluding carboxylic acids is 1. The summed E-state index contributed by atoms with van der Waals surface area (Å²) < 4.78 is 29.2. The summed E-state index contributed by atoms with van der Waals surface area (Å²) in [5.41, 5.74) is -0.246. The van der Waals surface area contributed by atoms with Crippen molar-refractivity contribution in [1.82, 2.24) is 15.2 Å². The average Bonchev–Trinajstić information content (AvgIpc) is 2.84. The van der Waals surface area contributed by atoms with E-state index in [1.165, 1.54) is 24.4 Å². The highest BCUT2D eigenvalue weighted by molar-refractivity contribution is 7.89. The van der Waals surface area contributed by atoms with Gasteiger partial charge in [-0.3, -0.25) is 9.59 Å². The number of likely N-dealkylation sites (tertiary alicyclic amines) is 1. The van der Waals surface area contributed by atoms with Gasteiger partial charge in [0.25, 0.3) is 11.5 Å². The van der Waals surface area contributed by atoms with Gasteiger partial charge < -0.3 is 19.9 Å². The molecule has 0 spiro atoms. The molecule has 12 heteroatoms. The summed E-state index contributed by atoms with van der Waals surface area (Å²) in [4.78, 5) is 29.5. The summed E-state index contributed by atoms with van der Waals surface area (Å²) in [6, 6.07) is 9.14. The van der Waals surface area contributed by atoms with E-state index in [0.717, 1.165) is 38.9 Å². The lowest BCUT2D eigenvalue weighted by Crippen LogP contribution is -2.39. The van der Waals surface area contributed by atoms with E-state index in [-0.39, 0.29) is 27.9 Å². The smallest absolute Gasteiger partial charge is 0.255 e. The number of hydrogen-bond donors (Lipinski definition) is 3. The molecule has 0 radical (unpaired) electrons. The number of fused-ring (bicyclic) bond motifs is 1. The summed E-state index contributed by atoms with van der Waals surface area (Å²) in [6.45, 7) is 3.05. The van der Waals surface area contributed by atoms with Crippen LogP contribution < -0.4 is 20.8 Å². The fourth-order valence-corrected chi connectivity index (χ4v) is 5.03. The Bertz CT molecular complexity index is 1440. The van der Waals surface area contributed by atoms with E-state index in [0.29, 0.717) is 27.7 Å². The molecule has 0 saturated carbocycles. The van der Waals surface area contributed by atoms with Crippen LogP contribution in [0.1, 0.15) is 29.6 Å². The Morgan fingerprint density at radius 1 is 1.11 bits per heavy atom. The van der Waals surface area contributed by atoms with Crippen LogP contribution in [0, 0.1) is 0 Å². The fraction of sp³-hybridized carbons (Fsp3) is 0.333. The number of nitrogens with zero attached hydrogens (tertiary/aromatic N) is 1. The van der Waals surface area contributed by atoms with Crippen molar-refractivity contribution in [3.63, 3.8) is 0 Å². The molecule has 1 fully saturated rings. The van der Waals surface area contributed by atoms with Gasteiger partial charge in [-0.15, -0.1) is 0 Å². The van der Waals surface area contributed by atoms with E-state index in [2.05, 4.69) is 15.2 Å². The van der Waals surface area contributed by atoms with Crippen molar-refractivity contribution in [3.8, 4) is 5.75 Å². The van der Waals surface area contributed by atoms with Crippen molar-refractivity contribution in [2.45, 2.75) is 30.3 Å². The Labute approximate surface area is 218 Å². The van der Waals surface area contributed by atoms with Gasteiger partial charge in [0.1, 0.15) is 11.9 Å². The number of aromatic amines is 1. The molecule has 2 aromatic carbocycles. The summed E-state index contributed by atoms with van der Waals surface area (Å²) in [7, 11) is -3.97. The Kier molecular flexibility index (Phi) is 8.21. The topological polar surface area (TPSA) is 135 Å². The van der Waals surface area contributed by atoms with E-state index in [9.17, 15) is 18.0 Å². The van der Waals surface area contributed by atoms with Crippen molar-refractivity contribution in [2.24, 2.45) is 5.14 Å². The molecule has 9 nitrogen and oxygen atoms in total. The highest BCUT2D eigenvalue weighted by Crippen LogP contribution is 2.28. The van der Waals surface area contributed by atoms with Gasteiger partial charge in [0.2, 0.25) is 10.0 Å². The molecule has 4 rings (SSSR count). The van der Waals surface area contributed by atoms with Crippen LogP contribution in [0.25, 0.3) is 10.8 Å². The number of H-pyrrole nitrogens is 1. The number of nitrogens with one attached hydrogen (secondary N) is 2. The van der Waals surface area contributed by atoms with Crippen LogP contribution in [-0.2, 0) is 10.0 Å². The maximum absolute atomic E-state index is 12.7. The number of rotatable bonds is 8. The third-order valence-electron chi connectivity index (χ3n) is 6.11. The molecule has 0 bridgehead atoms. The van der Waals surface area contributed by atoms with Crippen LogP contribution in [0.3, 0.4) is 0 Å². The fourth-order valence-electron chi connectivity index (χ4n) is 4.20. The number of carbonyl (C=O) groups is 1. The number of aromatic nitrogens is 1. The molecule has 192 valence electrons. The van der Waals surface area contributed by atoms with Gasteiger partial charge >= 0.3 is 0 Å². The second-order valence-electron chi connectivity index (χ2n) is 8.63. The normalized spacial score (nSPS) is 15.2. The van der Waals surface area contributed by atoms with Gasteiger partial charge in [0.15, 0.2) is 0 Å². The second-order valence-corrected chi connectivity index (χ2v) is 11.0. The summed E-state index contributed by atoms with van der Waals surface area (Å²) in [5, 5.41) is 9.42. The Morgan fingerprint density at radius 2 is 1.86 bits per heavy atom. The molecule has 0 atom stereocenters. The maximum Gasteiger partial charge on any atom is 0.255 e. The second kappa shape index (κ2) is 11.2. The number of hydrogen-bond acceptors (Lipinski definition) is 6. The van der Waals surface area contributed by atoms with Crippen LogP contribution >= 0.6 is 23.2 Å².